The zero-order chi connectivity index (χ0) is 21.1. The Morgan fingerprint density at radius 2 is 1.21 bits per heavy atom. The zero-order valence-electron chi connectivity index (χ0n) is 16.2. The second kappa shape index (κ2) is 11.6. The summed E-state index contributed by atoms with van der Waals surface area (Å²) in [6.45, 7) is 0. The molecule has 0 N–H and O–H groups in total. The van der Waals surface area contributed by atoms with Crippen LogP contribution in [0.2, 0.25) is 0 Å². The summed E-state index contributed by atoms with van der Waals surface area (Å²) in [6, 6.07) is 24.4. The summed E-state index contributed by atoms with van der Waals surface area (Å²) in [4.78, 5) is 22.3. The molecular weight excluding hydrogens is 432 g/mol. The van der Waals surface area contributed by atoms with Gasteiger partial charge in [-0.05, 0) is 41.5 Å². The lowest BCUT2D eigenvalue weighted by Gasteiger charge is -2.00. The Kier molecular flexibility index (Phi) is 8.86. The first kappa shape index (κ1) is 22.1. The molecule has 29 heavy (non-hydrogen) atoms. The molecule has 0 aromatic heterocycles. The van der Waals surface area contributed by atoms with Gasteiger partial charge in [0.05, 0.1) is 25.3 Å². The highest BCUT2D eigenvalue weighted by Crippen LogP contribution is 2.12. The van der Waals surface area contributed by atoms with Crippen molar-refractivity contribution in [2.24, 2.45) is 0 Å². The van der Waals surface area contributed by atoms with E-state index in [0.717, 1.165) is 15.6 Å². The van der Waals surface area contributed by atoms with Crippen LogP contribution in [0.1, 0.15) is 31.8 Å². The topological polar surface area (TPSA) is 52.6 Å². The zero-order valence-corrected chi connectivity index (χ0v) is 17.8. The van der Waals surface area contributed by atoms with Gasteiger partial charge in [0, 0.05) is 4.47 Å². The molecule has 0 amide bonds. The number of hydrogen-bond donors (Lipinski definition) is 0. The number of halogens is 1. The van der Waals surface area contributed by atoms with E-state index in [1.807, 2.05) is 66.7 Å². The molecule has 0 aliphatic heterocycles. The van der Waals surface area contributed by atoms with Crippen LogP contribution in [0, 0.1) is 0 Å². The van der Waals surface area contributed by atoms with E-state index >= 15 is 0 Å². The van der Waals surface area contributed by atoms with Gasteiger partial charge in [0.2, 0.25) is 0 Å². The van der Waals surface area contributed by atoms with E-state index in [9.17, 15) is 9.59 Å². The summed E-state index contributed by atoms with van der Waals surface area (Å²) in [6.07, 6.45) is 3.98. The van der Waals surface area contributed by atoms with Gasteiger partial charge in [0.1, 0.15) is 0 Å². The number of methoxy groups -OCH3 is 2. The Morgan fingerprint density at radius 3 is 1.79 bits per heavy atom. The minimum absolute atomic E-state index is 0.314. The standard InChI is InChI=1S/C16H14O2.C8H7BrO2/c1-18-16(17)15-9-5-8-14(12-15)11-10-13-6-3-2-4-7-13;1-11-8(10)6-3-2-4-7(9)5-6/h2-12H,1H3;2-5H,1H3. The highest BCUT2D eigenvalue weighted by Gasteiger charge is 2.04. The van der Waals surface area contributed by atoms with E-state index in [2.05, 4.69) is 20.7 Å². The van der Waals surface area contributed by atoms with Crippen LogP contribution < -0.4 is 0 Å². The predicted octanol–water partition coefficient (Wildman–Crippen LogP) is 5.88. The number of benzene rings is 3. The highest BCUT2D eigenvalue weighted by atomic mass is 79.9. The lowest BCUT2D eigenvalue weighted by Crippen LogP contribution is -2.00. The third-order valence-corrected chi connectivity index (χ3v) is 4.31. The van der Waals surface area contributed by atoms with E-state index < -0.39 is 0 Å². The monoisotopic (exact) mass is 452 g/mol. The molecule has 0 spiro atoms. The molecule has 0 bridgehead atoms. The average molecular weight is 453 g/mol. The molecule has 0 aliphatic carbocycles. The summed E-state index contributed by atoms with van der Waals surface area (Å²) < 4.78 is 10.1. The lowest BCUT2D eigenvalue weighted by atomic mass is 10.1. The van der Waals surface area contributed by atoms with Crippen LogP contribution in [0.25, 0.3) is 12.2 Å². The third kappa shape index (κ3) is 7.39. The maximum absolute atomic E-state index is 11.4. The molecule has 0 radical (unpaired) electrons. The fourth-order valence-corrected chi connectivity index (χ4v) is 2.78. The second-order valence-corrected chi connectivity index (χ2v) is 6.78. The molecule has 0 unspecified atom stereocenters. The molecule has 4 nitrogen and oxygen atoms in total. The van der Waals surface area contributed by atoms with Gasteiger partial charge >= 0.3 is 11.9 Å². The summed E-state index contributed by atoms with van der Waals surface area (Å²) in [5.41, 5.74) is 3.22. The van der Waals surface area contributed by atoms with Crippen molar-refractivity contribution < 1.29 is 19.1 Å². The lowest BCUT2D eigenvalue weighted by molar-refractivity contribution is 0.0592. The molecule has 0 heterocycles. The summed E-state index contributed by atoms with van der Waals surface area (Å²) >= 11 is 3.25. The smallest absolute Gasteiger partial charge is 0.337 e. The van der Waals surface area contributed by atoms with E-state index in [4.69, 9.17) is 4.74 Å². The van der Waals surface area contributed by atoms with E-state index in [0.29, 0.717) is 11.1 Å². The summed E-state index contributed by atoms with van der Waals surface area (Å²) in [5.74, 6) is -0.628. The number of esters is 2. The fraction of sp³-hybridized carbons (Fsp3) is 0.0833. The van der Waals surface area contributed by atoms with E-state index in [1.165, 1.54) is 14.2 Å². The average Bonchev–Trinajstić information content (AvgIpc) is 2.78. The van der Waals surface area contributed by atoms with Gasteiger partial charge in [0.25, 0.3) is 0 Å². The van der Waals surface area contributed by atoms with Crippen LogP contribution >= 0.6 is 15.9 Å². The van der Waals surface area contributed by atoms with Gasteiger partial charge in [0.15, 0.2) is 0 Å². The maximum atomic E-state index is 11.4. The number of rotatable bonds is 4. The first-order chi connectivity index (χ1) is 14.0. The molecule has 3 rings (SSSR count). The number of carbonyl (C=O) groups is 2. The fourth-order valence-electron chi connectivity index (χ4n) is 2.38. The van der Waals surface area contributed by atoms with Crippen molar-refractivity contribution in [3.63, 3.8) is 0 Å². The number of ether oxygens (including phenoxy) is 2. The normalized spacial score (nSPS) is 10.0. The van der Waals surface area contributed by atoms with Crippen molar-refractivity contribution in [1.29, 1.82) is 0 Å². The van der Waals surface area contributed by atoms with Gasteiger partial charge in [-0.15, -0.1) is 0 Å². The molecule has 3 aromatic rings. The molecule has 148 valence electrons. The van der Waals surface area contributed by atoms with Crippen molar-refractivity contribution in [3.05, 3.63) is 106 Å². The number of hydrogen-bond acceptors (Lipinski definition) is 4. The third-order valence-electron chi connectivity index (χ3n) is 3.82. The second-order valence-electron chi connectivity index (χ2n) is 5.86. The quantitative estimate of drug-likeness (QED) is 0.366. The minimum atomic E-state index is -0.315. The molecule has 0 saturated heterocycles. The predicted molar refractivity (Wildman–Crippen MR) is 119 cm³/mol. The van der Waals surface area contributed by atoms with Crippen LogP contribution in [0.4, 0.5) is 0 Å². The molecule has 5 heteroatoms. The van der Waals surface area contributed by atoms with Crippen molar-refractivity contribution in [2.75, 3.05) is 14.2 Å². The van der Waals surface area contributed by atoms with Crippen LogP contribution in [0.15, 0.2) is 83.3 Å². The van der Waals surface area contributed by atoms with Gasteiger partial charge in [-0.3, -0.25) is 0 Å². The highest BCUT2D eigenvalue weighted by molar-refractivity contribution is 9.10. The molecule has 0 aliphatic rings. The largest absolute Gasteiger partial charge is 0.465 e. The summed E-state index contributed by atoms with van der Waals surface area (Å²) in [5, 5.41) is 0. The Balaban J connectivity index is 0.000000234. The van der Waals surface area contributed by atoms with Crippen molar-refractivity contribution >= 4 is 40.0 Å². The Hall–Kier alpha value is -3.18. The van der Waals surface area contributed by atoms with Crippen molar-refractivity contribution in [3.8, 4) is 0 Å². The van der Waals surface area contributed by atoms with Crippen molar-refractivity contribution in [2.45, 2.75) is 0 Å². The van der Waals surface area contributed by atoms with Crippen LogP contribution in [0.5, 0.6) is 0 Å². The van der Waals surface area contributed by atoms with E-state index in [-0.39, 0.29) is 11.9 Å². The Bertz CT molecular complexity index is 981. The SMILES string of the molecule is COC(=O)c1cccc(Br)c1.COC(=O)c1cccc(C=Cc2ccccc2)c1. The molecule has 0 saturated carbocycles. The Labute approximate surface area is 178 Å². The first-order valence-electron chi connectivity index (χ1n) is 8.79. The minimum Gasteiger partial charge on any atom is -0.465 e. The van der Waals surface area contributed by atoms with Gasteiger partial charge in [-0.1, -0.05) is 76.6 Å². The number of carbonyl (C=O) groups excluding carboxylic acids is 2. The first-order valence-corrected chi connectivity index (χ1v) is 9.58. The maximum Gasteiger partial charge on any atom is 0.337 e. The molecular formula is C24H21BrO4. The summed E-state index contributed by atoms with van der Waals surface area (Å²) in [7, 11) is 2.75. The molecule has 3 aromatic carbocycles. The van der Waals surface area contributed by atoms with Crippen LogP contribution in [0.3, 0.4) is 0 Å². The molecule has 0 atom stereocenters. The van der Waals surface area contributed by atoms with Gasteiger partial charge in [-0.2, -0.15) is 0 Å². The van der Waals surface area contributed by atoms with Gasteiger partial charge in [-0.25, -0.2) is 9.59 Å². The van der Waals surface area contributed by atoms with Crippen LogP contribution in [-0.4, -0.2) is 26.2 Å². The van der Waals surface area contributed by atoms with Gasteiger partial charge < -0.3 is 9.47 Å². The van der Waals surface area contributed by atoms with Crippen molar-refractivity contribution in [1.82, 2.24) is 0 Å². The molecule has 0 fully saturated rings. The Morgan fingerprint density at radius 1 is 0.690 bits per heavy atom. The van der Waals surface area contributed by atoms with Crippen LogP contribution in [-0.2, 0) is 9.47 Å². The van der Waals surface area contributed by atoms with E-state index in [1.54, 1.807) is 24.3 Å².